The highest BCUT2D eigenvalue weighted by Gasteiger charge is 2.36. The molecule has 0 bridgehead atoms. The molecule has 2 aromatic heterocycles. The van der Waals surface area contributed by atoms with Gasteiger partial charge in [-0.1, -0.05) is 0 Å². The maximum atomic E-state index is 14.4. The summed E-state index contributed by atoms with van der Waals surface area (Å²) in [6.07, 6.45) is -5.74. The fourth-order valence-electron chi connectivity index (χ4n) is 3.35. The van der Waals surface area contributed by atoms with Crippen LogP contribution < -0.4 is 10.1 Å². The van der Waals surface area contributed by atoms with E-state index in [0.717, 1.165) is 18.2 Å². The first-order chi connectivity index (χ1) is 15.7. The molecule has 1 aromatic carbocycles. The number of fused-ring (bicyclic) bond motifs is 1. The Hall–Kier alpha value is -3.67. The molecule has 1 saturated heterocycles. The Labute approximate surface area is 184 Å². The van der Waals surface area contributed by atoms with Gasteiger partial charge in [0.1, 0.15) is 0 Å². The quantitative estimate of drug-likeness (QED) is 0.589. The van der Waals surface area contributed by atoms with Crippen LogP contribution in [0.15, 0.2) is 34.7 Å². The molecule has 1 N–H and O–H groups in total. The fraction of sp³-hybridized carbons (Fsp3) is 0.286. The van der Waals surface area contributed by atoms with E-state index in [4.69, 9.17) is 13.9 Å². The van der Waals surface area contributed by atoms with Gasteiger partial charge in [0.2, 0.25) is 0 Å². The van der Waals surface area contributed by atoms with Gasteiger partial charge < -0.3 is 24.1 Å². The topological polar surface area (TPSA) is 93.9 Å². The number of hydrogen-bond donors (Lipinski definition) is 1. The highest BCUT2D eigenvalue weighted by molar-refractivity contribution is 5.94. The second-order valence-corrected chi connectivity index (χ2v) is 7.08. The number of pyridine rings is 1. The number of halogens is 4. The Morgan fingerprint density at radius 2 is 1.88 bits per heavy atom. The van der Waals surface area contributed by atoms with E-state index in [0.29, 0.717) is 13.2 Å². The van der Waals surface area contributed by atoms with E-state index < -0.39 is 46.8 Å². The Balaban J connectivity index is 1.79. The van der Waals surface area contributed by atoms with Crippen molar-refractivity contribution < 1.29 is 41.0 Å². The van der Waals surface area contributed by atoms with Crippen LogP contribution in [0.5, 0.6) is 5.95 Å². The molecule has 1 fully saturated rings. The lowest BCUT2D eigenvalue weighted by Gasteiger charge is -2.26. The van der Waals surface area contributed by atoms with Crippen molar-refractivity contribution in [2.75, 3.05) is 33.4 Å². The predicted octanol–water partition coefficient (Wildman–Crippen LogP) is 3.84. The van der Waals surface area contributed by atoms with Crippen molar-refractivity contribution in [3.8, 4) is 17.2 Å². The standard InChI is InChI=1S/C21H17F4N3O5/c1-26-20(30)33-16-10-12-8-11(9-13(18(12)32-16)21(23,24)25)15-3-2-14(22)17(27-15)19(29)28-4-6-31-7-5-28/h2-3,8-10H,4-7H2,1H3,(H,26,30). The van der Waals surface area contributed by atoms with Gasteiger partial charge in [-0.2, -0.15) is 13.2 Å². The lowest BCUT2D eigenvalue weighted by atomic mass is 10.0. The minimum atomic E-state index is -4.82. The van der Waals surface area contributed by atoms with Crippen molar-refractivity contribution in [3.63, 3.8) is 0 Å². The lowest BCUT2D eigenvalue weighted by Crippen LogP contribution is -2.41. The minimum absolute atomic E-state index is 0.0223. The van der Waals surface area contributed by atoms with E-state index in [2.05, 4.69) is 10.3 Å². The summed E-state index contributed by atoms with van der Waals surface area (Å²) in [6.45, 7) is 1.08. The maximum Gasteiger partial charge on any atom is 0.420 e. The van der Waals surface area contributed by atoms with Crippen molar-refractivity contribution in [2.24, 2.45) is 0 Å². The molecule has 8 nitrogen and oxygen atoms in total. The number of alkyl halides is 3. The van der Waals surface area contributed by atoms with Crippen LogP contribution in [-0.4, -0.2) is 55.2 Å². The van der Waals surface area contributed by atoms with E-state index in [-0.39, 0.29) is 29.7 Å². The number of carbonyl (C=O) groups excluding carboxylic acids is 2. The van der Waals surface area contributed by atoms with E-state index >= 15 is 0 Å². The van der Waals surface area contributed by atoms with E-state index in [9.17, 15) is 27.2 Å². The largest absolute Gasteiger partial charge is 0.425 e. The van der Waals surface area contributed by atoms with Gasteiger partial charge in [0.25, 0.3) is 11.9 Å². The Morgan fingerprint density at radius 3 is 2.55 bits per heavy atom. The molecule has 0 aliphatic carbocycles. The average molecular weight is 467 g/mol. The van der Waals surface area contributed by atoms with E-state index in [1.807, 2.05) is 0 Å². The molecule has 33 heavy (non-hydrogen) atoms. The van der Waals surface area contributed by atoms with Gasteiger partial charge >= 0.3 is 12.3 Å². The Bertz CT molecular complexity index is 1220. The number of carbonyl (C=O) groups is 2. The van der Waals surface area contributed by atoms with Gasteiger partial charge in [-0.05, 0) is 24.3 Å². The number of morpholine rings is 1. The van der Waals surface area contributed by atoms with Gasteiger partial charge in [-0.25, -0.2) is 14.2 Å². The summed E-state index contributed by atoms with van der Waals surface area (Å²) >= 11 is 0. The smallest absolute Gasteiger partial charge is 0.420 e. The van der Waals surface area contributed by atoms with Crippen LogP contribution in [0, 0.1) is 5.82 Å². The number of nitrogens with zero attached hydrogens (tertiary/aromatic N) is 2. The zero-order valence-electron chi connectivity index (χ0n) is 17.2. The number of nitrogens with one attached hydrogen (secondary N) is 1. The molecule has 12 heteroatoms. The summed E-state index contributed by atoms with van der Waals surface area (Å²) in [7, 11) is 1.28. The van der Waals surface area contributed by atoms with Gasteiger partial charge in [-0.3, -0.25) is 4.79 Å². The molecule has 0 unspecified atom stereocenters. The zero-order valence-corrected chi connectivity index (χ0v) is 17.2. The SMILES string of the molecule is CNC(=O)Oc1cc2cc(-c3ccc(F)c(C(=O)N4CCOCC4)n3)cc(C(F)(F)F)c2o1. The molecule has 0 spiro atoms. The number of hydrogen-bond acceptors (Lipinski definition) is 6. The molecular formula is C21H17F4N3O5. The van der Waals surface area contributed by atoms with E-state index in [1.54, 1.807) is 0 Å². The molecule has 0 radical (unpaired) electrons. The lowest BCUT2D eigenvalue weighted by molar-refractivity contribution is -0.136. The number of amides is 2. The maximum absolute atomic E-state index is 14.4. The molecule has 174 valence electrons. The van der Waals surface area contributed by atoms with Crippen molar-refractivity contribution in [3.05, 3.63) is 47.4 Å². The number of furan rings is 1. The minimum Gasteiger partial charge on any atom is -0.425 e. The molecule has 0 saturated carbocycles. The average Bonchev–Trinajstić information content (AvgIpc) is 3.20. The first kappa shape index (κ1) is 22.5. The molecule has 0 atom stereocenters. The van der Waals surface area contributed by atoms with Gasteiger partial charge in [0, 0.05) is 37.2 Å². The summed E-state index contributed by atoms with van der Waals surface area (Å²) in [6, 6.07) is 5.36. The van der Waals surface area contributed by atoms with Crippen LogP contribution in [0.3, 0.4) is 0 Å². The van der Waals surface area contributed by atoms with Crippen molar-refractivity contribution in [2.45, 2.75) is 6.18 Å². The highest BCUT2D eigenvalue weighted by Crippen LogP contribution is 2.40. The normalized spacial score (nSPS) is 14.4. The summed E-state index contributed by atoms with van der Waals surface area (Å²) in [5, 5.41) is 2.13. The first-order valence-electron chi connectivity index (χ1n) is 9.75. The molecule has 3 heterocycles. The van der Waals surface area contributed by atoms with Crippen molar-refractivity contribution in [1.82, 2.24) is 15.2 Å². The van der Waals surface area contributed by atoms with Crippen LogP contribution in [0.2, 0.25) is 0 Å². The van der Waals surface area contributed by atoms with Crippen LogP contribution in [0.4, 0.5) is 22.4 Å². The zero-order chi connectivity index (χ0) is 23.8. The summed E-state index contributed by atoms with van der Waals surface area (Å²) in [5.74, 6) is -2.02. The van der Waals surface area contributed by atoms with Gasteiger partial charge in [0.05, 0.1) is 24.5 Å². The Morgan fingerprint density at radius 1 is 1.15 bits per heavy atom. The Kier molecular flexibility index (Phi) is 5.93. The molecule has 1 aliphatic rings. The third kappa shape index (κ3) is 4.60. The number of benzene rings is 1. The van der Waals surface area contributed by atoms with Crippen LogP contribution >= 0.6 is 0 Å². The van der Waals surface area contributed by atoms with Crippen LogP contribution in [0.1, 0.15) is 16.1 Å². The molecular weight excluding hydrogens is 450 g/mol. The van der Waals surface area contributed by atoms with Crippen molar-refractivity contribution in [1.29, 1.82) is 0 Å². The number of rotatable bonds is 3. The molecule has 3 aromatic rings. The fourth-order valence-corrected chi connectivity index (χ4v) is 3.35. The van der Waals surface area contributed by atoms with Crippen LogP contribution in [0.25, 0.3) is 22.2 Å². The molecule has 4 rings (SSSR count). The molecule has 1 aliphatic heterocycles. The second-order valence-electron chi connectivity index (χ2n) is 7.08. The summed E-state index contributed by atoms with van der Waals surface area (Å²) in [4.78, 5) is 29.5. The number of ether oxygens (including phenoxy) is 2. The van der Waals surface area contributed by atoms with E-state index in [1.165, 1.54) is 24.1 Å². The van der Waals surface area contributed by atoms with Crippen molar-refractivity contribution >= 4 is 23.0 Å². The van der Waals surface area contributed by atoms with Gasteiger partial charge in [0.15, 0.2) is 17.1 Å². The second kappa shape index (κ2) is 8.70. The third-order valence-corrected chi connectivity index (χ3v) is 4.94. The predicted molar refractivity (Wildman–Crippen MR) is 106 cm³/mol. The van der Waals surface area contributed by atoms with Crippen LogP contribution in [-0.2, 0) is 10.9 Å². The van der Waals surface area contributed by atoms with Gasteiger partial charge in [-0.15, -0.1) is 0 Å². The summed E-state index contributed by atoms with van der Waals surface area (Å²) < 4.78 is 70.6. The monoisotopic (exact) mass is 467 g/mol. The highest BCUT2D eigenvalue weighted by atomic mass is 19.4. The molecule has 2 amide bonds. The summed E-state index contributed by atoms with van der Waals surface area (Å²) in [5.41, 5.74) is -2.27. The number of aromatic nitrogens is 1. The third-order valence-electron chi connectivity index (χ3n) is 4.94. The first-order valence-corrected chi connectivity index (χ1v) is 9.75.